The Hall–Kier alpha value is -0.0400. The minimum Gasteiger partial charge on any atom is -0.375 e. The van der Waals surface area contributed by atoms with Crippen LogP contribution in [0, 0.1) is 5.92 Å². The van der Waals surface area contributed by atoms with Crippen molar-refractivity contribution in [3.8, 4) is 0 Å². The Labute approximate surface area is 76.5 Å². The average Bonchev–Trinajstić information content (AvgIpc) is 2.02. The molecule has 0 saturated heterocycles. The fourth-order valence-corrected chi connectivity index (χ4v) is 1.51. The van der Waals surface area contributed by atoms with Gasteiger partial charge in [-0.3, -0.25) is 0 Å². The molecule has 0 N–H and O–H groups in total. The van der Waals surface area contributed by atoms with Crippen LogP contribution in [0.3, 0.4) is 0 Å². The molecule has 0 atom stereocenters. The maximum absolute atomic E-state index is 5.73. The van der Waals surface area contributed by atoms with Crippen LogP contribution < -0.4 is 0 Å². The summed E-state index contributed by atoms with van der Waals surface area (Å²) in [7, 11) is 0. The SMILES string of the molecule is CC(C)(C)OC[C]1CCCCC1. The predicted octanol–water partition coefficient (Wildman–Crippen LogP) is 3.34. The van der Waals surface area contributed by atoms with Gasteiger partial charge in [-0.2, -0.15) is 0 Å². The highest BCUT2D eigenvalue weighted by Gasteiger charge is 2.17. The van der Waals surface area contributed by atoms with Crippen molar-refractivity contribution in [1.82, 2.24) is 0 Å². The molecule has 0 aromatic rings. The van der Waals surface area contributed by atoms with Gasteiger partial charge < -0.3 is 4.74 Å². The Morgan fingerprint density at radius 1 is 1.08 bits per heavy atom. The first kappa shape index (κ1) is 10.0. The number of ether oxygens (including phenoxy) is 1. The van der Waals surface area contributed by atoms with Gasteiger partial charge in [0.15, 0.2) is 0 Å². The van der Waals surface area contributed by atoms with Crippen LogP contribution in [0.5, 0.6) is 0 Å². The zero-order valence-corrected chi connectivity index (χ0v) is 8.65. The van der Waals surface area contributed by atoms with Crippen molar-refractivity contribution in [3.05, 3.63) is 5.92 Å². The van der Waals surface area contributed by atoms with Gasteiger partial charge >= 0.3 is 0 Å². The fourth-order valence-electron chi connectivity index (χ4n) is 1.51. The highest BCUT2D eigenvalue weighted by molar-refractivity contribution is 4.92. The minimum absolute atomic E-state index is 0.0322. The lowest BCUT2D eigenvalue weighted by Crippen LogP contribution is -2.23. The molecule has 0 aromatic carbocycles. The Balaban J connectivity index is 2.13. The van der Waals surface area contributed by atoms with E-state index >= 15 is 0 Å². The second-order valence-corrected chi connectivity index (χ2v) is 4.71. The molecular formula is C11H21O. The van der Waals surface area contributed by atoms with Crippen LogP contribution in [0.4, 0.5) is 0 Å². The minimum atomic E-state index is 0.0322. The van der Waals surface area contributed by atoms with E-state index in [9.17, 15) is 0 Å². The zero-order chi connectivity index (χ0) is 9.03. The third kappa shape index (κ3) is 4.10. The van der Waals surface area contributed by atoms with Crippen molar-refractivity contribution in [2.75, 3.05) is 6.61 Å². The quantitative estimate of drug-likeness (QED) is 0.616. The molecule has 1 radical (unpaired) electrons. The van der Waals surface area contributed by atoms with Gasteiger partial charge in [0.1, 0.15) is 0 Å². The average molecular weight is 169 g/mol. The Morgan fingerprint density at radius 3 is 2.17 bits per heavy atom. The molecule has 1 aliphatic rings. The third-order valence-electron chi connectivity index (χ3n) is 2.27. The summed E-state index contributed by atoms with van der Waals surface area (Å²) < 4.78 is 5.73. The van der Waals surface area contributed by atoms with E-state index in [1.54, 1.807) is 5.92 Å². The first-order valence-corrected chi connectivity index (χ1v) is 5.05. The molecule has 0 spiro atoms. The summed E-state index contributed by atoms with van der Waals surface area (Å²) in [6.45, 7) is 7.26. The molecule has 0 heterocycles. The smallest absolute Gasteiger partial charge is 0.0598 e. The van der Waals surface area contributed by atoms with Crippen molar-refractivity contribution in [1.29, 1.82) is 0 Å². The molecule has 1 saturated carbocycles. The Kier molecular flexibility index (Phi) is 3.57. The summed E-state index contributed by atoms with van der Waals surface area (Å²) in [6, 6.07) is 0. The Morgan fingerprint density at radius 2 is 1.67 bits per heavy atom. The lowest BCUT2D eigenvalue weighted by molar-refractivity contribution is -0.000261. The first-order valence-electron chi connectivity index (χ1n) is 5.05. The maximum atomic E-state index is 5.73. The molecule has 0 aliphatic heterocycles. The van der Waals surface area contributed by atoms with Crippen molar-refractivity contribution >= 4 is 0 Å². The van der Waals surface area contributed by atoms with Crippen LogP contribution in [-0.4, -0.2) is 12.2 Å². The summed E-state index contributed by atoms with van der Waals surface area (Å²) >= 11 is 0. The van der Waals surface area contributed by atoms with E-state index in [0.717, 1.165) is 6.61 Å². The summed E-state index contributed by atoms with van der Waals surface area (Å²) in [6.07, 6.45) is 6.77. The van der Waals surface area contributed by atoms with Crippen LogP contribution in [0.1, 0.15) is 52.9 Å². The van der Waals surface area contributed by atoms with Crippen LogP contribution in [0.15, 0.2) is 0 Å². The standard InChI is InChI=1S/C11H21O/c1-11(2,3)12-9-10-7-5-4-6-8-10/h4-9H2,1-3H3. The van der Waals surface area contributed by atoms with E-state index in [-0.39, 0.29) is 5.60 Å². The largest absolute Gasteiger partial charge is 0.375 e. The van der Waals surface area contributed by atoms with Crippen LogP contribution >= 0.6 is 0 Å². The van der Waals surface area contributed by atoms with E-state index in [2.05, 4.69) is 20.8 Å². The molecule has 0 amide bonds. The molecule has 0 unspecified atom stereocenters. The van der Waals surface area contributed by atoms with Gasteiger partial charge in [-0.1, -0.05) is 19.3 Å². The summed E-state index contributed by atoms with van der Waals surface area (Å²) in [5, 5.41) is 0. The molecule has 1 nitrogen and oxygen atoms in total. The van der Waals surface area contributed by atoms with Crippen molar-refractivity contribution in [3.63, 3.8) is 0 Å². The predicted molar refractivity (Wildman–Crippen MR) is 52.0 cm³/mol. The number of hydrogen-bond donors (Lipinski definition) is 0. The van der Waals surface area contributed by atoms with Gasteiger partial charge in [-0.25, -0.2) is 0 Å². The molecule has 1 rings (SSSR count). The van der Waals surface area contributed by atoms with Gasteiger partial charge in [0.05, 0.1) is 12.2 Å². The van der Waals surface area contributed by atoms with E-state index < -0.39 is 0 Å². The molecule has 1 aliphatic carbocycles. The zero-order valence-electron chi connectivity index (χ0n) is 8.65. The second-order valence-electron chi connectivity index (χ2n) is 4.71. The third-order valence-corrected chi connectivity index (χ3v) is 2.27. The van der Waals surface area contributed by atoms with Crippen molar-refractivity contribution < 1.29 is 4.74 Å². The summed E-state index contributed by atoms with van der Waals surface area (Å²) in [4.78, 5) is 0. The second kappa shape index (κ2) is 4.27. The first-order chi connectivity index (χ1) is 5.58. The van der Waals surface area contributed by atoms with E-state index in [1.807, 2.05) is 0 Å². The maximum Gasteiger partial charge on any atom is 0.0598 e. The summed E-state index contributed by atoms with van der Waals surface area (Å²) in [5.41, 5.74) is 0.0322. The van der Waals surface area contributed by atoms with E-state index in [4.69, 9.17) is 4.74 Å². The highest BCUT2D eigenvalue weighted by Crippen LogP contribution is 2.26. The van der Waals surface area contributed by atoms with Crippen LogP contribution in [-0.2, 0) is 4.74 Å². The van der Waals surface area contributed by atoms with Crippen LogP contribution in [0.25, 0.3) is 0 Å². The molecule has 1 heteroatoms. The molecular weight excluding hydrogens is 148 g/mol. The van der Waals surface area contributed by atoms with Crippen LogP contribution in [0.2, 0.25) is 0 Å². The van der Waals surface area contributed by atoms with E-state index in [1.165, 1.54) is 32.1 Å². The molecule has 0 aromatic heterocycles. The Bertz CT molecular complexity index is 117. The summed E-state index contributed by atoms with van der Waals surface area (Å²) in [5.74, 6) is 1.62. The highest BCUT2D eigenvalue weighted by atomic mass is 16.5. The topological polar surface area (TPSA) is 9.23 Å². The van der Waals surface area contributed by atoms with E-state index in [0.29, 0.717) is 0 Å². The monoisotopic (exact) mass is 169 g/mol. The van der Waals surface area contributed by atoms with Gasteiger partial charge in [0, 0.05) is 5.92 Å². The van der Waals surface area contributed by atoms with Crippen molar-refractivity contribution in [2.24, 2.45) is 0 Å². The van der Waals surface area contributed by atoms with Crippen molar-refractivity contribution in [2.45, 2.75) is 58.5 Å². The number of rotatable bonds is 2. The molecule has 0 bridgehead atoms. The lowest BCUT2D eigenvalue weighted by Gasteiger charge is -2.26. The normalized spacial score (nSPS) is 21.2. The van der Waals surface area contributed by atoms with Gasteiger partial charge in [0.25, 0.3) is 0 Å². The molecule has 71 valence electrons. The number of hydrogen-bond acceptors (Lipinski definition) is 1. The van der Waals surface area contributed by atoms with Gasteiger partial charge in [0.2, 0.25) is 0 Å². The molecule has 1 fully saturated rings. The fraction of sp³-hybridized carbons (Fsp3) is 0.909. The van der Waals surface area contributed by atoms with Gasteiger partial charge in [-0.05, 0) is 33.6 Å². The molecule has 12 heavy (non-hydrogen) atoms. The lowest BCUT2D eigenvalue weighted by atomic mass is 9.90. The van der Waals surface area contributed by atoms with Gasteiger partial charge in [-0.15, -0.1) is 0 Å².